The highest BCUT2D eigenvalue weighted by molar-refractivity contribution is 5.88. The molecule has 0 aromatic heterocycles. The molecule has 1 saturated heterocycles. The minimum Gasteiger partial charge on any atom is -0.373 e. The molecule has 1 heterocycles. The van der Waals surface area contributed by atoms with Crippen molar-refractivity contribution >= 4 is 17.5 Å². The van der Waals surface area contributed by atoms with Crippen LogP contribution in [0.1, 0.15) is 72.0 Å². The van der Waals surface area contributed by atoms with E-state index in [4.69, 9.17) is 4.74 Å². The van der Waals surface area contributed by atoms with Crippen molar-refractivity contribution in [3.8, 4) is 0 Å². The fraction of sp³-hybridized carbons (Fsp3) is 0.680. The topological polar surface area (TPSA) is 67.4 Å². The minimum absolute atomic E-state index is 0.0516. The van der Waals surface area contributed by atoms with Gasteiger partial charge < -0.3 is 15.4 Å². The fourth-order valence-corrected chi connectivity index (χ4v) is 6.67. The van der Waals surface area contributed by atoms with Gasteiger partial charge >= 0.3 is 0 Å². The maximum Gasteiger partial charge on any atom is 0.221 e. The van der Waals surface area contributed by atoms with Crippen LogP contribution >= 0.6 is 0 Å². The zero-order valence-electron chi connectivity index (χ0n) is 19.0. The number of fused-ring (bicyclic) bond motifs is 1. The Morgan fingerprint density at radius 2 is 1.90 bits per heavy atom. The Morgan fingerprint density at radius 3 is 2.53 bits per heavy atom. The second-order valence-corrected chi connectivity index (χ2v) is 10.7. The molecular weight excluding hydrogens is 376 g/mol. The van der Waals surface area contributed by atoms with Gasteiger partial charge in [-0.15, -0.1) is 0 Å². The van der Waals surface area contributed by atoms with Crippen LogP contribution in [0.2, 0.25) is 0 Å². The predicted molar refractivity (Wildman–Crippen MR) is 118 cm³/mol. The molecule has 2 bridgehead atoms. The second-order valence-electron chi connectivity index (χ2n) is 10.7. The molecule has 4 rings (SSSR count). The van der Waals surface area contributed by atoms with Crippen LogP contribution in [-0.4, -0.2) is 24.5 Å². The molecule has 1 aromatic rings. The van der Waals surface area contributed by atoms with E-state index >= 15 is 0 Å². The lowest BCUT2D eigenvalue weighted by Crippen LogP contribution is -2.59. The number of anilines is 1. The molecule has 1 aromatic carbocycles. The Bertz CT molecular complexity index is 816. The minimum atomic E-state index is -0.0639. The van der Waals surface area contributed by atoms with Crippen molar-refractivity contribution in [2.45, 2.75) is 72.4 Å². The van der Waals surface area contributed by atoms with E-state index in [1.54, 1.807) is 0 Å². The van der Waals surface area contributed by atoms with Crippen molar-refractivity contribution in [1.29, 1.82) is 0 Å². The lowest BCUT2D eigenvalue weighted by atomic mass is 9.59. The van der Waals surface area contributed by atoms with E-state index in [1.165, 1.54) is 18.9 Å². The summed E-state index contributed by atoms with van der Waals surface area (Å²) in [5.74, 6) is 1.51. The SMILES string of the molecule is CC(=O)Nc1ccc([C@H]2OCC[C@@]34C[C@@H](C[C@H]23)C(C)(C)[C@@H]4NC(=O)CC(C)C)cc1. The number of nitrogens with one attached hydrogen (secondary N) is 2. The molecule has 3 fully saturated rings. The number of rotatable bonds is 5. The van der Waals surface area contributed by atoms with Gasteiger partial charge in [-0.05, 0) is 65.5 Å². The van der Waals surface area contributed by atoms with Gasteiger partial charge in [-0.25, -0.2) is 0 Å². The standard InChI is InChI=1S/C25H36N2O3/c1-15(2)12-21(29)27-23-24(4,5)18-13-20-22(30-11-10-25(20,23)14-18)17-6-8-19(9-7-17)26-16(3)28/h6-9,15,18,20,22-23H,10-14H2,1-5H3,(H,26,28)(H,27,29)/t18-,20-,22-,23+,25-/m1/s1. The number of hydrogen-bond acceptors (Lipinski definition) is 3. The summed E-state index contributed by atoms with van der Waals surface area (Å²) < 4.78 is 6.33. The van der Waals surface area contributed by atoms with E-state index in [9.17, 15) is 9.59 Å². The van der Waals surface area contributed by atoms with Gasteiger partial charge in [-0.3, -0.25) is 9.59 Å². The van der Waals surface area contributed by atoms with Crippen LogP contribution in [0.3, 0.4) is 0 Å². The normalized spacial score (nSPS) is 33.9. The van der Waals surface area contributed by atoms with Crippen LogP contribution in [0.25, 0.3) is 0 Å². The Kier molecular flexibility index (Phi) is 5.46. The number of ether oxygens (including phenoxy) is 1. The molecule has 0 unspecified atom stereocenters. The third kappa shape index (κ3) is 3.55. The summed E-state index contributed by atoms with van der Waals surface area (Å²) in [6.07, 6.45) is 3.99. The van der Waals surface area contributed by atoms with Crippen molar-refractivity contribution in [1.82, 2.24) is 5.32 Å². The molecule has 2 N–H and O–H groups in total. The Labute approximate surface area is 180 Å². The van der Waals surface area contributed by atoms with Crippen molar-refractivity contribution in [3.05, 3.63) is 29.8 Å². The van der Waals surface area contributed by atoms with Crippen molar-refractivity contribution in [2.75, 3.05) is 11.9 Å². The highest BCUT2D eigenvalue weighted by Crippen LogP contribution is 2.70. The van der Waals surface area contributed by atoms with Crippen LogP contribution in [-0.2, 0) is 14.3 Å². The molecular formula is C25H36N2O3. The molecule has 3 aliphatic rings. The van der Waals surface area contributed by atoms with Crippen molar-refractivity contribution in [3.63, 3.8) is 0 Å². The average molecular weight is 413 g/mol. The first-order valence-electron chi connectivity index (χ1n) is 11.4. The summed E-state index contributed by atoms with van der Waals surface area (Å²) >= 11 is 0. The molecule has 164 valence electrons. The number of carbonyl (C=O) groups is 2. The molecule has 2 amide bonds. The smallest absolute Gasteiger partial charge is 0.221 e. The summed E-state index contributed by atoms with van der Waals surface area (Å²) in [6, 6.07) is 8.28. The first-order chi connectivity index (χ1) is 14.1. The summed E-state index contributed by atoms with van der Waals surface area (Å²) in [5, 5.41) is 6.32. The third-order valence-corrected chi connectivity index (χ3v) is 7.96. The van der Waals surface area contributed by atoms with Gasteiger partial charge in [0.15, 0.2) is 0 Å². The van der Waals surface area contributed by atoms with Gasteiger partial charge in [0.2, 0.25) is 11.8 Å². The summed E-state index contributed by atoms with van der Waals surface area (Å²) in [5.41, 5.74) is 2.20. The van der Waals surface area contributed by atoms with Gasteiger partial charge in [0.1, 0.15) is 0 Å². The number of amides is 2. The van der Waals surface area contributed by atoms with Gasteiger partial charge in [0, 0.05) is 31.7 Å². The van der Waals surface area contributed by atoms with E-state index in [-0.39, 0.29) is 34.8 Å². The molecule has 5 atom stereocenters. The molecule has 1 aliphatic heterocycles. The summed E-state index contributed by atoms with van der Waals surface area (Å²) in [6.45, 7) is 11.1. The fourth-order valence-electron chi connectivity index (χ4n) is 6.67. The van der Waals surface area contributed by atoms with E-state index < -0.39 is 0 Å². The molecule has 2 aliphatic carbocycles. The highest BCUT2D eigenvalue weighted by Gasteiger charge is 2.68. The van der Waals surface area contributed by atoms with E-state index in [0.29, 0.717) is 24.2 Å². The van der Waals surface area contributed by atoms with Gasteiger partial charge in [0.05, 0.1) is 6.10 Å². The average Bonchev–Trinajstić information content (AvgIpc) is 3.14. The maximum absolute atomic E-state index is 12.7. The Hall–Kier alpha value is -1.88. The lowest BCUT2D eigenvalue weighted by molar-refractivity contribution is -0.137. The number of hydrogen-bond donors (Lipinski definition) is 2. The van der Waals surface area contributed by atoms with Crippen LogP contribution in [0.15, 0.2) is 24.3 Å². The first kappa shape index (κ1) is 21.4. The number of carbonyl (C=O) groups excluding carboxylic acids is 2. The van der Waals surface area contributed by atoms with Crippen LogP contribution in [0.5, 0.6) is 0 Å². The third-order valence-electron chi connectivity index (χ3n) is 7.96. The lowest BCUT2D eigenvalue weighted by Gasteiger charge is -2.53. The number of benzene rings is 1. The van der Waals surface area contributed by atoms with E-state index in [0.717, 1.165) is 25.1 Å². The summed E-state index contributed by atoms with van der Waals surface area (Å²) in [4.78, 5) is 24.1. The molecule has 1 spiro atoms. The van der Waals surface area contributed by atoms with Crippen molar-refractivity contribution in [2.24, 2.45) is 28.6 Å². The molecule has 30 heavy (non-hydrogen) atoms. The van der Waals surface area contributed by atoms with Gasteiger partial charge in [-0.2, -0.15) is 0 Å². The molecule has 5 heteroatoms. The van der Waals surface area contributed by atoms with Gasteiger partial charge in [0.25, 0.3) is 0 Å². The quantitative estimate of drug-likeness (QED) is 0.737. The van der Waals surface area contributed by atoms with Crippen molar-refractivity contribution < 1.29 is 14.3 Å². The first-order valence-corrected chi connectivity index (χ1v) is 11.4. The Balaban J connectivity index is 1.59. The van der Waals surface area contributed by atoms with Crippen LogP contribution in [0, 0.1) is 28.6 Å². The highest BCUT2D eigenvalue weighted by atomic mass is 16.5. The molecule has 0 radical (unpaired) electrons. The Morgan fingerprint density at radius 1 is 1.20 bits per heavy atom. The van der Waals surface area contributed by atoms with E-state index in [1.807, 2.05) is 12.1 Å². The second kappa shape index (κ2) is 7.67. The molecule has 5 nitrogen and oxygen atoms in total. The monoisotopic (exact) mass is 412 g/mol. The van der Waals surface area contributed by atoms with Crippen LogP contribution in [0.4, 0.5) is 5.69 Å². The molecule has 2 saturated carbocycles. The van der Waals surface area contributed by atoms with E-state index in [2.05, 4.69) is 50.5 Å². The van der Waals surface area contributed by atoms with Gasteiger partial charge in [-0.1, -0.05) is 39.8 Å². The van der Waals surface area contributed by atoms with Crippen LogP contribution < -0.4 is 10.6 Å². The maximum atomic E-state index is 12.7. The zero-order valence-corrected chi connectivity index (χ0v) is 19.0. The predicted octanol–water partition coefficient (Wildman–Crippen LogP) is 4.69. The zero-order chi connectivity index (χ0) is 21.7. The largest absolute Gasteiger partial charge is 0.373 e. The summed E-state index contributed by atoms with van der Waals surface area (Å²) in [7, 11) is 0.